The summed E-state index contributed by atoms with van der Waals surface area (Å²) in [5, 5.41) is 5.88. The summed E-state index contributed by atoms with van der Waals surface area (Å²) in [4.78, 5) is 23.8. The Bertz CT molecular complexity index is 906. The SMILES string of the molecule is CCc1cnc(Nc2ccccc2)nc1-c1c[nH]c(OC(=O)NC(C)C)c1. The van der Waals surface area contributed by atoms with Gasteiger partial charge in [0.15, 0.2) is 0 Å². The van der Waals surface area contributed by atoms with Gasteiger partial charge >= 0.3 is 6.09 Å². The van der Waals surface area contributed by atoms with Crippen molar-refractivity contribution in [3.8, 4) is 17.1 Å². The van der Waals surface area contributed by atoms with E-state index in [2.05, 4.69) is 25.6 Å². The molecular weight excluding hydrogens is 342 g/mol. The van der Waals surface area contributed by atoms with E-state index in [0.29, 0.717) is 11.8 Å². The van der Waals surface area contributed by atoms with Crippen LogP contribution in [0.2, 0.25) is 0 Å². The highest BCUT2D eigenvalue weighted by atomic mass is 16.6. The number of aromatic amines is 1. The van der Waals surface area contributed by atoms with Crippen molar-refractivity contribution < 1.29 is 9.53 Å². The number of hydrogen-bond donors (Lipinski definition) is 3. The molecule has 0 radical (unpaired) electrons. The zero-order chi connectivity index (χ0) is 19.2. The number of H-pyrrole nitrogens is 1. The summed E-state index contributed by atoms with van der Waals surface area (Å²) >= 11 is 0. The van der Waals surface area contributed by atoms with Crippen molar-refractivity contribution in [2.24, 2.45) is 0 Å². The molecule has 3 rings (SSSR count). The molecule has 0 aliphatic rings. The third-order valence-corrected chi connectivity index (χ3v) is 3.81. The second kappa shape index (κ2) is 8.35. The number of aromatic nitrogens is 3. The van der Waals surface area contributed by atoms with Crippen molar-refractivity contribution in [3.63, 3.8) is 0 Å². The second-order valence-electron chi connectivity index (χ2n) is 6.35. The predicted molar refractivity (Wildman–Crippen MR) is 105 cm³/mol. The van der Waals surface area contributed by atoms with Gasteiger partial charge in [-0.1, -0.05) is 25.1 Å². The molecule has 3 N–H and O–H groups in total. The Kier molecular flexibility index (Phi) is 5.71. The van der Waals surface area contributed by atoms with Gasteiger partial charge in [0.05, 0.1) is 5.69 Å². The van der Waals surface area contributed by atoms with E-state index in [1.807, 2.05) is 57.3 Å². The lowest BCUT2D eigenvalue weighted by Gasteiger charge is -2.09. The lowest BCUT2D eigenvalue weighted by atomic mass is 10.1. The third kappa shape index (κ3) is 4.84. The monoisotopic (exact) mass is 365 g/mol. The van der Waals surface area contributed by atoms with Gasteiger partial charge in [0.1, 0.15) is 0 Å². The fourth-order valence-corrected chi connectivity index (χ4v) is 2.56. The predicted octanol–water partition coefficient (Wildman–Crippen LogP) is 4.27. The number of amides is 1. The molecule has 1 aromatic carbocycles. The summed E-state index contributed by atoms with van der Waals surface area (Å²) < 4.78 is 5.26. The third-order valence-electron chi connectivity index (χ3n) is 3.81. The molecule has 0 aliphatic heterocycles. The molecule has 0 fully saturated rings. The fourth-order valence-electron chi connectivity index (χ4n) is 2.56. The Morgan fingerprint density at radius 3 is 2.74 bits per heavy atom. The first kappa shape index (κ1) is 18.4. The molecular formula is C20H23N5O2. The summed E-state index contributed by atoms with van der Waals surface area (Å²) in [7, 11) is 0. The topological polar surface area (TPSA) is 91.9 Å². The maximum atomic E-state index is 11.8. The first-order chi connectivity index (χ1) is 13.0. The van der Waals surface area contributed by atoms with Crippen molar-refractivity contribution in [1.29, 1.82) is 0 Å². The van der Waals surface area contributed by atoms with Crippen LogP contribution in [0.25, 0.3) is 11.3 Å². The van der Waals surface area contributed by atoms with Gasteiger partial charge in [-0.2, -0.15) is 0 Å². The highest BCUT2D eigenvalue weighted by molar-refractivity contribution is 5.72. The number of para-hydroxylation sites is 1. The quantitative estimate of drug-likeness (QED) is 0.606. The van der Waals surface area contributed by atoms with E-state index in [9.17, 15) is 4.79 Å². The van der Waals surface area contributed by atoms with E-state index in [-0.39, 0.29) is 6.04 Å². The number of hydrogen-bond acceptors (Lipinski definition) is 5. The fraction of sp³-hybridized carbons (Fsp3) is 0.250. The van der Waals surface area contributed by atoms with Crippen molar-refractivity contribution in [3.05, 3.63) is 54.4 Å². The van der Waals surface area contributed by atoms with Crippen molar-refractivity contribution in [2.75, 3.05) is 5.32 Å². The highest BCUT2D eigenvalue weighted by Crippen LogP contribution is 2.27. The van der Waals surface area contributed by atoms with E-state index in [1.165, 1.54) is 0 Å². The van der Waals surface area contributed by atoms with Crippen LogP contribution < -0.4 is 15.4 Å². The zero-order valence-electron chi connectivity index (χ0n) is 15.6. The van der Waals surface area contributed by atoms with Crippen LogP contribution in [0.1, 0.15) is 26.3 Å². The number of nitrogens with zero attached hydrogens (tertiary/aromatic N) is 2. The zero-order valence-corrected chi connectivity index (χ0v) is 15.6. The molecule has 0 unspecified atom stereocenters. The second-order valence-corrected chi connectivity index (χ2v) is 6.35. The number of aryl methyl sites for hydroxylation is 1. The molecule has 0 aliphatic carbocycles. The van der Waals surface area contributed by atoms with Gasteiger partial charge in [-0.3, -0.25) is 0 Å². The number of carbonyl (C=O) groups excluding carboxylic acids is 1. The summed E-state index contributed by atoms with van der Waals surface area (Å²) in [5.41, 5.74) is 3.54. The van der Waals surface area contributed by atoms with Crippen molar-refractivity contribution in [1.82, 2.24) is 20.3 Å². The van der Waals surface area contributed by atoms with Crippen molar-refractivity contribution in [2.45, 2.75) is 33.2 Å². The molecule has 7 heteroatoms. The molecule has 0 saturated heterocycles. The summed E-state index contributed by atoms with van der Waals surface area (Å²) in [5.74, 6) is 0.871. The van der Waals surface area contributed by atoms with Crippen LogP contribution in [-0.4, -0.2) is 27.1 Å². The van der Waals surface area contributed by atoms with E-state index in [1.54, 1.807) is 12.3 Å². The van der Waals surface area contributed by atoms with Crippen LogP contribution in [0.5, 0.6) is 5.88 Å². The number of ether oxygens (including phenoxy) is 1. The lowest BCUT2D eigenvalue weighted by molar-refractivity contribution is 0.196. The summed E-state index contributed by atoms with van der Waals surface area (Å²) in [6.45, 7) is 5.79. The average molecular weight is 365 g/mol. The van der Waals surface area contributed by atoms with E-state index in [0.717, 1.165) is 28.9 Å². The number of rotatable bonds is 6. The standard InChI is InChI=1S/C20H23N5O2/c1-4-14-11-22-19(24-16-8-6-5-7-9-16)25-18(14)15-10-17(21-12-15)27-20(26)23-13(2)3/h5-13,21H,4H2,1-3H3,(H,23,26)(H,22,24,25). The maximum Gasteiger partial charge on any atom is 0.414 e. The van der Waals surface area contributed by atoms with Crippen LogP contribution in [0, 0.1) is 0 Å². The number of nitrogens with one attached hydrogen (secondary N) is 3. The molecule has 27 heavy (non-hydrogen) atoms. The Labute approximate surface area is 158 Å². The Morgan fingerprint density at radius 2 is 2.04 bits per heavy atom. The molecule has 2 aromatic heterocycles. The lowest BCUT2D eigenvalue weighted by Crippen LogP contribution is -2.32. The number of benzene rings is 1. The van der Waals surface area contributed by atoms with Crippen LogP contribution in [-0.2, 0) is 6.42 Å². The number of anilines is 2. The van der Waals surface area contributed by atoms with Gasteiger partial charge in [-0.25, -0.2) is 14.8 Å². The highest BCUT2D eigenvalue weighted by Gasteiger charge is 2.13. The minimum Gasteiger partial charge on any atom is -0.393 e. The summed E-state index contributed by atoms with van der Waals surface area (Å²) in [6, 6.07) is 11.5. The molecule has 0 bridgehead atoms. The first-order valence-electron chi connectivity index (χ1n) is 8.90. The Hall–Kier alpha value is -3.35. The Morgan fingerprint density at radius 1 is 1.26 bits per heavy atom. The average Bonchev–Trinajstić information content (AvgIpc) is 3.10. The van der Waals surface area contributed by atoms with Gasteiger partial charge in [0.2, 0.25) is 11.8 Å². The van der Waals surface area contributed by atoms with Gasteiger partial charge in [0, 0.05) is 35.8 Å². The van der Waals surface area contributed by atoms with Gasteiger partial charge in [0.25, 0.3) is 0 Å². The smallest absolute Gasteiger partial charge is 0.393 e. The molecule has 0 spiro atoms. The minimum atomic E-state index is -0.497. The van der Waals surface area contributed by atoms with Crippen LogP contribution >= 0.6 is 0 Å². The van der Waals surface area contributed by atoms with E-state index < -0.39 is 6.09 Å². The van der Waals surface area contributed by atoms with E-state index in [4.69, 9.17) is 4.74 Å². The molecule has 0 atom stereocenters. The maximum absolute atomic E-state index is 11.8. The van der Waals surface area contributed by atoms with Gasteiger partial charge in [-0.15, -0.1) is 0 Å². The van der Waals surface area contributed by atoms with E-state index >= 15 is 0 Å². The van der Waals surface area contributed by atoms with Crippen LogP contribution in [0.4, 0.5) is 16.4 Å². The summed E-state index contributed by atoms with van der Waals surface area (Å²) in [6.07, 6.45) is 3.87. The number of carbonyl (C=O) groups is 1. The molecule has 7 nitrogen and oxygen atoms in total. The van der Waals surface area contributed by atoms with Crippen molar-refractivity contribution >= 4 is 17.7 Å². The van der Waals surface area contributed by atoms with Crippen LogP contribution in [0.15, 0.2) is 48.8 Å². The molecule has 0 saturated carbocycles. The molecule has 2 heterocycles. The molecule has 140 valence electrons. The van der Waals surface area contributed by atoms with Crippen LogP contribution in [0.3, 0.4) is 0 Å². The molecule has 1 amide bonds. The molecule has 3 aromatic rings. The van der Waals surface area contributed by atoms with Gasteiger partial charge in [-0.05, 0) is 38.0 Å². The first-order valence-corrected chi connectivity index (χ1v) is 8.90. The normalized spacial score (nSPS) is 10.7. The Balaban J connectivity index is 1.82. The largest absolute Gasteiger partial charge is 0.414 e. The van der Waals surface area contributed by atoms with Gasteiger partial charge < -0.3 is 20.4 Å². The minimum absolute atomic E-state index is 0.00658.